The molecule has 1 aromatic carbocycles. The summed E-state index contributed by atoms with van der Waals surface area (Å²) in [5, 5.41) is 0.920. The molecule has 86 valence electrons. The molecule has 0 saturated carbocycles. The average molecular weight is 230 g/mol. The summed E-state index contributed by atoms with van der Waals surface area (Å²) in [6.07, 6.45) is 5.48. The highest BCUT2D eigenvalue weighted by Crippen LogP contribution is 2.41. The van der Waals surface area contributed by atoms with Crippen LogP contribution >= 0.6 is 0 Å². The standard InChI is InChI=1S/C13H10O4/c1-15-13-11-9(5-6-16-11)7-8-3-2-4-10(14)17-12(8)13/h2-3,5-7H,4H2,1H3. The van der Waals surface area contributed by atoms with Crippen LogP contribution in [0.2, 0.25) is 0 Å². The molecule has 3 rings (SSSR count). The lowest BCUT2D eigenvalue weighted by atomic mass is 10.1. The van der Waals surface area contributed by atoms with E-state index in [-0.39, 0.29) is 12.4 Å². The first-order chi connectivity index (χ1) is 8.29. The second kappa shape index (κ2) is 3.66. The number of carbonyl (C=O) groups excluding carboxylic acids is 1. The summed E-state index contributed by atoms with van der Waals surface area (Å²) in [6, 6.07) is 3.75. The van der Waals surface area contributed by atoms with Crippen LogP contribution in [0.15, 0.2) is 28.9 Å². The van der Waals surface area contributed by atoms with Crippen molar-refractivity contribution in [3.8, 4) is 11.5 Å². The fourth-order valence-corrected chi connectivity index (χ4v) is 1.94. The maximum absolute atomic E-state index is 11.4. The Morgan fingerprint density at radius 3 is 3.12 bits per heavy atom. The molecule has 1 aliphatic heterocycles. The first-order valence-electron chi connectivity index (χ1n) is 5.25. The molecule has 2 heterocycles. The molecule has 0 spiro atoms. The van der Waals surface area contributed by atoms with Crippen molar-refractivity contribution in [1.29, 1.82) is 0 Å². The van der Waals surface area contributed by atoms with Crippen LogP contribution in [0.25, 0.3) is 17.0 Å². The number of fused-ring (bicyclic) bond motifs is 2. The molecule has 1 aromatic heterocycles. The van der Waals surface area contributed by atoms with E-state index in [1.165, 1.54) is 7.11 Å². The summed E-state index contributed by atoms with van der Waals surface area (Å²) in [7, 11) is 1.53. The largest absolute Gasteiger partial charge is 0.490 e. The van der Waals surface area contributed by atoms with Gasteiger partial charge in [0.05, 0.1) is 19.8 Å². The van der Waals surface area contributed by atoms with Crippen LogP contribution in [0.3, 0.4) is 0 Å². The van der Waals surface area contributed by atoms with Gasteiger partial charge in [-0.15, -0.1) is 0 Å². The van der Waals surface area contributed by atoms with Gasteiger partial charge in [0, 0.05) is 10.9 Å². The number of esters is 1. The Bertz CT molecular complexity index is 622. The molecular weight excluding hydrogens is 220 g/mol. The van der Waals surface area contributed by atoms with Crippen molar-refractivity contribution in [2.75, 3.05) is 7.11 Å². The number of benzene rings is 1. The fraction of sp³-hybridized carbons (Fsp3) is 0.154. The summed E-state index contributed by atoms with van der Waals surface area (Å²) >= 11 is 0. The number of hydrogen-bond acceptors (Lipinski definition) is 4. The molecule has 4 nitrogen and oxygen atoms in total. The molecule has 0 radical (unpaired) electrons. The Kier molecular flexibility index (Phi) is 2.14. The summed E-state index contributed by atoms with van der Waals surface area (Å²) in [5.41, 5.74) is 1.41. The molecule has 0 unspecified atom stereocenters. The van der Waals surface area contributed by atoms with Gasteiger partial charge in [0.1, 0.15) is 0 Å². The van der Waals surface area contributed by atoms with E-state index < -0.39 is 0 Å². The Labute approximate surface area is 97.4 Å². The van der Waals surface area contributed by atoms with Crippen molar-refractivity contribution >= 4 is 23.0 Å². The van der Waals surface area contributed by atoms with E-state index >= 15 is 0 Å². The SMILES string of the molecule is COc1c2c(cc3ccoc13)C=CCC(=O)O2. The maximum atomic E-state index is 11.4. The molecule has 0 atom stereocenters. The van der Waals surface area contributed by atoms with Gasteiger partial charge in [0.25, 0.3) is 0 Å². The average Bonchev–Trinajstić information content (AvgIpc) is 2.69. The van der Waals surface area contributed by atoms with Gasteiger partial charge in [-0.25, -0.2) is 0 Å². The van der Waals surface area contributed by atoms with E-state index in [0.717, 1.165) is 10.9 Å². The monoisotopic (exact) mass is 230 g/mol. The highest BCUT2D eigenvalue weighted by molar-refractivity contribution is 5.92. The molecule has 4 heteroatoms. The molecule has 0 bridgehead atoms. The molecule has 0 aliphatic carbocycles. The van der Waals surface area contributed by atoms with Crippen LogP contribution in [0, 0.1) is 0 Å². The van der Waals surface area contributed by atoms with Crippen LogP contribution in [0.1, 0.15) is 12.0 Å². The van der Waals surface area contributed by atoms with Crippen molar-refractivity contribution < 1.29 is 18.7 Å². The predicted octanol–water partition coefficient (Wildman–Crippen LogP) is 2.76. The van der Waals surface area contributed by atoms with Crippen molar-refractivity contribution in [2.45, 2.75) is 6.42 Å². The van der Waals surface area contributed by atoms with Crippen molar-refractivity contribution in [1.82, 2.24) is 0 Å². The molecular formula is C13H10O4. The van der Waals surface area contributed by atoms with Crippen LogP contribution in [0.4, 0.5) is 0 Å². The fourth-order valence-electron chi connectivity index (χ4n) is 1.94. The first kappa shape index (κ1) is 9.96. The smallest absolute Gasteiger partial charge is 0.315 e. The summed E-state index contributed by atoms with van der Waals surface area (Å²) < 4.78 is 15.9. The van der Waals surface area contributed by atoms with E-state index in [4.69, 9.17) is 13.9 Å². The van der Waals surface area contributed by atoms with Gasteiger partial charge in [-0.2, -0.15) is 0 Å². The van der Waals surface area contributed by atoms with Gasteiger partial charge >= 0.3 is 5.97 Å². The van der Waals surface area contributed by atoms with Crippen molar-refractivity contribution in [2.24, 2.45) is 0 Å². The maximum Gasteiger partial charge on any atom is 0.315 e. The quantitative estimate of drug-likeness (QED) is 0.558. The van der Waals surface area contributed by atoms with Gasteiger partial charge < -0.3 is 13.9 Å². The summed E-state index contributed by atoms with van der Waals surface area (Å²) in [4.78, 5) is 11.4. The van der Waals surface area contributed by atoms with Crippen molar-refractivity contribution in [3.63, 3.8) is 0 Å². The third-order valence-electron chi connectivity index (χ3n) is 2.68. The van der Waals surface area contributed by atoms with Crippen LogP contribution in [-0.4, -0.2) is 13.1 Å². The van der Waals surface area contributed by atoms with E-state index in [1.54, 1.807) is 12.3 Å². The van der Waals surface area contributed by atoms with E-state index in [0.29, 0.717) is 17.1 Å². The first-order valence-corrected chi connectivity index (χ1v) is 5.25. The van der Waals surface area contributed by atoms with Crippen LogP contribution < -0.4 is 9.47 Å². The number of ether oxygens (including phenoxy) is 2. The minimum atomic E-state index is -0.302. The zero-order chi connectivity index (χ0) is 11.8. The lowest BCUT2D eigenvalue weighted by Crippen LogP contribution is -2.06. The lowest BCUT2D eigenvalue weighted by Gasteiger charge is -2.10. The Hall–Kier alpha value is -2.23. The topological polar surface area (TPSA) is 48.7 Å². The second-order valence-corrected chi connectivity index (χ2v) is 3.75. The van der Waals surface area contributed by atoms with Gasteiger partial charge in [-0.1, -0.05) is 12.2 Å². The number of rotatable bonds is 1. The molecule has 0 fully saturated rings. The minimum absolute atomic E-state index is 0.263. The number of hydrogen-bond donors (Lipinski definition) is 0. The Balaban J connectivity index is 2.34. The number of carbonyl (C=O) groups is 1. The molecule has 1 aliphatic rings. The van der Waals surface area contributed by atoms with Crippen molar-refractivity contribution in [3.05, 3.63) is 30.0 Å². The third kappa shape index (κ3) is 1.49. The summed E-state index contributed by atoms with van der Waals surface area (Å²) in [6.45, 7) is 0. The second-order valence-electron chi connectivity index (χ2n) is 3.75. The normalized spacial score (nSPS) is 14.3. The van der Waals surface area contributed by atoms with E-state index in [9.17, 15) is 4.79 Å². The zero-order valence-corrected chi connectivity index (χ0v) is 9.23. The highest BCUT2D eigenvalue weighted by Gasteiger charge is 2.20. The van der Waals surface area contributed by atoms with E-state index in [1.807, 2.05) is 18.2 Å². The van der Waals surface area contributed by atoms with E-state index in [2.05, 4.69) is 0 Å². The molecule has 17 heavy (non-hydrogen) atoms. The highest BCUT2D eigenvalue weighted by atomic mass is 16.6. The Morgan fingerprint density at radius 2 is 2.29 bits per heavy atom. The third-order valence-corrected chi connectivity index (χ3v) is 2.68. The minimum Gasteiger partial charge on any atom is -0.490 e. The van der Waals surface area contributed by atoms with Gasteiger partial charge in [-0.3, -0.25) is 4.79 Å². The molecule has 2 aromatic rings. The van der Waals surface area contributed by atoms with Gasteiger partial charge in [0.2, 0.25) is 5.75 Å². The zero-order valence-electron chi connectivity index (χ0n) is 9.23. The molecule has 0 amide bonds. The lowest BCUT2D eigenvalue weighted by molar-refractivity contribution is -0.133. The number of furan rings is 1. The van der Waals surface area contributed by atoms with Crippen LogP contribution in [-0.2, 0) is 4.79 Å². The van der Waals surface area contributed by atoms with Gasteiger partial charge in [0.15, 0.2) is 11.3 Å². The number of methoxy groups -OCH3 is 1. The van der Waals surface area contributed by atoms with Gasteiger partial charge in [-0.05, 0) is 12.1 Å². The molecule has 0 saturated heterocycles. The Morgan fingerprint density at radius 1 is 1.41 bits per heavy atom. The molecule has 0 N–H and O–H groups in total. The summed E-state index contributed by atoms with van der Waals surface area (Å²) in [5.74, 6) is 0.584. The predicted molar refractivity (Wildman–Crippen MR) is 62.1 cm³/mol. The van der Waals surface area contributed by atoms with Crippen LogP contribution in [0.5, 0.6) is 11.5 Å².